The molecule has 0 N–H and O–H groups in total. The topological polar surface area (TPSA) is 33.0 Å². The van der Waals surface area contributed by atoms with Crippen molar-refractivity contribution in [1.82, 2.24) is 0 Å². The highest BCUT2D eigenvalue weighted by Gasteiger charge is 2.33. The first kappa shape index (κ1) is 17.7. The molecule has 23 heavy (non-hydrogen) atoms. The summed E-state index contributed by atoms with van der Waals surface area (Å²) in [5.74, 6) is 0.846. The van der Waals surface area contributed by atoms with Crippen LogP contribution in [0.5, 0.6) is 5.75 Å². The van der Waals surface area contributed by atoms with Gasteiger partial charge in [0.1, 0.15) is 5.75 Å². The average Bonchev–Trinajstić information content (AvgIpc) is 2.72. The van der Waals surface area contributed by atoms with Gasteiger partial charge in [-0.3, -0.25) is 0 Å². The number of alkyl halides is 2. The fourth-order valence-corrected chi connectivity index (χ4v) is 3.22. The molecule has 2 nitrogen and oxygen atoms in total. The molecular formula is C19H25F2NO. The number of halogens is 2. The van der Waals surface area contributed by atoms with E-state index in [1.54, 1.807) is 24.3 Å². The molecule has 0 heterocycles. The Bertz CT molecular complexity index is 549. The number of rotatable bonds is 5. The molecule has 0 bridgehead atoms. The van der Waals surface area contributed by atoms with Crippen LogP contribution in [0.15, 0.2) is 24.3 Å². The summed E-state index contributed by atoms with van der Waals surface area (Å²) in [6, 6.07) is 9.28. The minimum absolute atomic E-state index is 0.168. The first-order valence-corrected chi connectivity index (χ1v) is 8.45. The Hall–Kier alpha value is -1.63. The highest BCUT2D eigenvalue weighted by Crippen LogP contribution is 2.39. The first-order chi connectivity index (χ1) is 10.9. The lowest BCUT2D eigenvalue weighted by Gasteiger charge is -2.25. The smallest absolute Gasteiger partial charge is 0.397 e. The summed E-state index contributed by atoms with van der Waals surface area (Å²) in [5.41, 5.74) is 0.689. The second kappa shape index (κ2) is 7.29. The summed E-state index contributed by atoms with van der Waals surface area (Å²) in [6.45, 7) is 3.63. The predicted octanol–water partition coefficient (Wildman–Crippen LogP) is 5.72. The van der Waals surface area contributed by atoms with Gasteiger partial charge in [-0.1, -0.05) is 38.8 Å². The first-order valence-electron chi connectivity index (χ1n) is 8.45. The van der Waals surface area contributed by atoms with Crippen molar-refractivity contribution < 1.29 is 13.5 Å². The lowest BCUT2D eigenvalue weighted by molar-refractivity contribution is -0.177. The van der Waals surface area contributed by atoms with Gasteiger partial charge in [-0.2, -0.15) is 14.0 Å². The molecule has 2 rings (SSSR count). The molecule has 1 fully saturated rings. The van der Waals surface area contributed by atoms with E-state index in [4.69, 9.17) is 0 Å². The van der Waals surface area contributed by atoms with E-state index in [2.05, 4.69) is 17.7 Å². The largest absolute Gasteiger partial charge is 0.433 e. The van der Waals surface area contributed by atoms with E-state index in [0.717, 1.165) is 31.2 Å². The normalized spacial score (nSPS) is 25.4. The van der Waals surface area contributed by atoms with Crippen LogP contribution in [0.4, 0.5) is 8.78 Å². The minimum atomic E-state index is -3.13. The highest BCUT2D eigenvalue weighted by molar-refractivity contribution is 5.29. The molecule has 0 aromatic heterocycles. The molecule has 2 unspecified atom stereocenters. The average molecular weight is 321 g/mol. The summed E-state index contributed by atoms with van der Waals surface area (Å²) < 4.78 is 31.2. The van der Waals surface area contributed by atoms with E-state index in [1.807, 2.05) is 0 Å². The van der Waals surface area contributed by atoms with E-state index in [0.29, 0.717) is 12.3 Å². The molecule has 1 aliphatic rings. The number of hydrogen-bond acceptors (Lipinski definition) is 2. The second-order valence-electron chi connectivity index (χ2n) is 6.84. The van der Waals surface area contributed by atoms with Crippen LogP contribution in [0.25, 0.3) is 0 Å². The van der Waals surface area contributed by atoms with Crippen LogP contribution in [0.2, 0.25) is 0 Å². The van der Waals surface area contributed by atoms with Gasteiger partial charge in [0.15, 0.2) is 0 Å². The number of nitrogens with zero attached hydrogens (tertiary/aromatic N) is 1. The van der Waals surface area contributed by atoms with Crippen LogP contribution >= 0.6 is 0 Å². The van der Waals surface area contributed by atoms with Crippen molar-refractivity contribution in [1.29, 1.82) is 5.26 Å². The van der Waals surface area contributed by atoms with Crippen LogP contribution in [-0.2, 0) is 6.42 Å². The Morgan fingerprint density at radius 2 is 1.96 bits per heavy atom. The number of nitriles is 1. The van der Waals surface area contributed by atoms with Crippen LogP contribution < -0.4 is 4.74 Å². The van der Waals surface area contributed by atoms with Crippen molar-refractivity contribution in [3.63, 3.8) is 0 Å². The van der Waals surface area contributed by atoms with Gasteiger partial charge in [-0.05, 0) is 49.3 Å². The molecule has 1 aliphatic carbocycles. The van der Waals surface area contributed by atoms with Crippen LogP contribution in [-0.4, -0.2) is 6.11 Å². The molecule has 126 valence electrons. The SMILES string of the molecule is CCC(F)(F)Oc1ccc(CC2(C#N)CCCC(C)CC2)cc1. The van der Waals surface area contributed by atoms with Gasteiger partial charge in [0.2, 0.25) is 0 Å². The quantitative estimate of drug-likeness (QED) is 0.650. The fourth-order valence-electron chi connectivity index (χ4n) is 3.22. The van der Waals surface area contributed by atoms with E-state index in [-0.39, 0.29) is 17.6 Å². The zero-order valence-electron chi connectivity index (χ0n) is 13.9. The molecule has 2 atom stereocenters. The molecule has 0 spiro atoms. The molecule has 0 radical (unpaired) electrons. The fraction of sp³-hybridized carbons (Fsp3) is 0.632. The molecule has 4 heteroatoms. The van der Waals surface area contributed by atoms with Crippen molar-refractivity contribution in [3.05, 3.63) is 29.8 Å². The van der Waals surface area contributed by atoms with Crippen molar-refractivity contribution >= 4 is 0 Å². The van der Waals surface area contributed by atoms with Gasteiger partial charge in [0.05, 0.1) is 11.5 Å². The summed E-state index contributed by atoms with van der Waals surface area (Å²) in [4.78, 5) is 0. The van der Waals surface area contributed by atoms with Crippen molar-refractivity contribution in [2.75, 3.05) is 0 Å². The Balaban J connectivity index is 2.06. The standard InChI is InChI=1S/C19H25F2NO/c1-3-19(20,21)23-17-8-6-16(7-9-17)13-18(14-22)11-4-5-15(2)10-12-18/h6-9,15H,3-5,10-13H2,1-2H3. The van der Waals surface area contributed by atoms with Crippen molar-refractivity contribution in [2.45, 2.75) is 64.9 Å². The molecule has 1 saturated carbocycles. The molecule has 1 aromatic rings. The second-order valence-corrected chi connectivity index (χ2v) is 6.84. The molecular weight excluding hydrogens is 296 g/mol. The lowest BCUT2D eigenvalue weighted by Crippen LogP contribution is -2.23. The Morgan fingerprint density at radius 1 is 1.26 bits per heavy atom. The van der Waals surface area contributed by atoms with E-state index in [1.165, 1.54) is 13.3 Å². The van der Waals surface area contributed by atoms with Gasteiger partial charge in [0.25, 0.3) is 0 Å². The summed E-state index contributed by atoms with van der Waals surface area (Å²) in [6.07, 6.45) is 2.37. The maximum atomic E-state index is 13.2. The number of ether oxygens (including phenoxy) is 1. The third-order valence-electron chi connectivity index (χ3n) is 4.85. The highest BCUT2D eigenvalue weighted by atomic mass is 19.3. The zero-order chi connectivity index (χ0) is 16.9. The maximum Gasteiger partial charge on any atom is 0.397 e. The van der Waals surface area contributed by atoms with Crippen molar-refractivity contribution in [2.24, 2.45) is 11.3 Å². The van der Waals surface area contributed by atoms with Crippen LogP contribution in [0.1, 0.15) is 57.9 Å². The monoisotopic (exact) mass is 321 g/mol. The van der Waals surface area contributed by atoms with Gasteiger partial charge < -0.3 is 4.74 Å². The van der Waals surface area contributed by atoms with Gasteiger partial charge in [-0.15, -0.1) is 0 Å². The van der Waals surface area contributed by atoms with Gasteiger partial charge in [0, 0.05) is 6.42 Å². The minimum Gasteiger partial charge on any atom is -0.433 e. The summed E-state index contributed by atoms with van der Waals surface area (Å²) >= 11 is 0. The predicted molar refractivity (Wildman–Crippen MR) is 86.3 cm³/mol. The van der Waals surface area contributed by atoms with E-state index in [9.17, 15) is 14.0 Å². The zero-order valence-corrected chi connectivity index (χ0v) is 13.9. The lowest BCUT2D eigenvalue weighted by atomic mass is 9.76. The molecule has 0 aliphatic heterocycles. The summed E-state index contributed by atoms with van der Waals surface area (Å²) in [5, 5.41) is 9.68. The maximum absolute atomic E-state index is 13.2. The molecule has 0 amide bonds. The van der Waals surface area contributed by atoms with Gasteiger partial charge in [-0.25, -0.2) is 0 Å². The number of benzene rings is 1. The van der Waals surface area contributed by atoms with E-state index >= 15 is 0 Å². The van der Waals surface area contributed by atoms with Gasteiger partial charge >= 0.3 is 6.11 Å². The van der Waals surface area contributed by atoms with Crippen molar-refractivity contribution in [3.8, 4) is 11.8 Å². The van der Waals surface area contributed by atoms with Crippen LogP contribution in [0.3, 0.4) is 0 Å². The van der Waals surface area contributed by atoms with Crippen LogP contribution in [0, 0.1) is 22.7 Å². The number of hydrogen-bond donors (Lipinski definition) is 0. The third kappa shape index (κ3) is 4.92. The Labute approximate surface area is 137 Å². The molecule has 1 aromatic carbocycles. The Kier molecular flexibility index (Phi) is 5.62. The van der Waals surface area contributed by atoms with E-state index < -0.39 is 6.11 Å². The summed E-state index contributed by atoms with van der Waals surface area (Å²) in [7, 11) is 0. The Morgan fingerprint density at radius 3 is 2.57 bits per heavy atom. The third-order valence-corrected chi connectivity index (χ3v) is 4.85. The molecule has 0 saturated heterocycles.